The first kappa shape index (κ1) is 22.0. The number of hydrogen-bond acceptors (Lipinski definition) is 3. The van der Waals surface area contributed by atoms with Gasteiger partial charge in [0, 0.05) is 6.04 Å². The van der Waals surface area contributed by atoms with Gasteiger partial charge in [0.05, 0.1) is 11.9 Å². The summed E-state index contributed by atoms with van der Waals surface area (Å²) < 4.78 is 26.2. The number of carbonyl (C=O) groups is 1. The third-order valence-corrected chi connectivity index (χ3v) is 5.90. The van der Waals surface area contributed by atoms with Crippen LogP contribution >= 0.6 is 0 Å². The first-order valence-electron chi connectivity index (χ1n) is 9.62. The predicted molar refractivity (Wildman–Crippen MR) is 115 cm³/mol. The molecule has 0 heterocycles. The van der Waals surface area contributed by atoms with Crippen LogP contribution in [0.5, 0.6) is 0 Å². The number of amides is 1. The van der Waals surface area contributed by atoms with Crippen LogP contribution in [0.4, 0.5) is 5.69 Å². The van der Waals surface area contributed by atoms with E-state index < -0.39 is 16.1 Å². The second kappa shape index (κ2) is 9.73. The minimum atomic E-state index is -3.61. The van der Waals surface area contributed by atoms with Crippen LogP contribution in [0, 0.1) is 6.92 Å². The SMILES string of the molecule is CC[C@@H](C(=O)N[C@@H](C)CCc1ccccc1)N(c1ccc(C)cc1)S(C)(=O)=O. The molecular weight excluding hydrogens is 372 g/mol. The Bertz CT molecular complexity index is 864. The molecule has 1 amide bonds. The molecule has 1 N–H and O–H groups in total. The molecule has 0 saturated carbocycles. The highest BCUT2D eigenvalue weighted by atomic mass is 32.2. The lowest BCUT2D eigenvalue weighted by molar-refractivity contribution is -0.122. The van der Waals surface area contributed by atoms with Gasteiger partial charge >= 0.3 is 0 Å². The summed E-state index contributed by atoms with van der Waals surface area (Å²) in [5.41, 5.74) is 2.75. The lowest BCUT2D eigenvalue weighted by atomic mass is 10.1. The van der Waals surface area contributed by atoms with E-state index in [4.69, 9.17) is 0 Å². The Morgan fingerprint density at radius 1 is 1.07 bits per heavy atom. The van der Waals surface area contributed by atoms with Crippen LogP contribution in [0.25, 0.3) is 0 Å². The van der Waals surface area contributed by atoms with Gasteiger partial charge in [0.1, 0.15) is 6.04 Å². The fourth-order valence-corrected chi connectivity index (χ4v) is 4.40. The molecule has 6 heteroatoms. The zero-order valence-corrected chi connectivity index (χ0v) is 17.9. The van der Waals surface area contributed by atoms with Crippen molar-refractivity contribution in [2.24, 2.45) is 0 Å². The van der Waals surface area contributed by atoms with Crippen molar-refractivity contribution in [3.05, 3.63) is 65.7 Å². The zero-order valence-electron chi connectivity index (χ0n) is 17.1. The van der Waals surface area contributed by atoms with E-state index in [0.29, 0.717) is 12.1 Å². The Kier molecular flexibility index (Phi) is 7.63. The highest BCUT2D eigenvalue weighted by Gasteiger charge is 2.31. The van der Waals surface area contributed by atoms with Crippen molar-refractivity contribution in [3.8, 4) is 0 Å². The van der Waals surface area contributed by atoms with Crippen molar-refractivity contribution in [1.29, 1.82) is 0 Å². The number of aryl methyl sites for hydroxylation is 2. The number of carbonyl (C=O) groups excluding carboxylic acids is 1. The van der Waals surface area contributed by atoms with E-state index >= 15 is 0 Å². The van der Waals surface area contributed by atoms with E-state index in [9.17, 15) is 13.2 Å². The van der Waals surface area contributed by atoms with Crippen LogP contribution in [-0.2, 0) is 21.2 Å². The van der Waals surface area contributed by atoms with E-state index in [0.717, 1.165) is 24.7 Å². The summed E-state index contributed by atoms with van der Waals surface area (Å²) >= 11 is 0. The fraction of sp³-hybridized carbons (Fsp3) is 0.409. The summed E-state index contributed by atoms with van der Waals surface area (Å²) in [5, 5.41) is 2.99. The second-order valence-corrected chi connectivity index (χ2v) is 9.11. The molecule has 2 aromatic carbocycles. The normalized spacial score (nSPS) is 13.6. The quantitative estimate of drug-likeness (QED) is 0.696. The number of rotatable bonds is 9. The lowest BCUT2D eigenvalue weighted by Crippen LogP contribution is -2.51. The summed E-state index contributed by atoms with van der Waals surface area (Å²) in [7, 11) is -3.61. The Morgan fingerprint density at radius 2 is 1.68 bits per heavy atom. The monoisotopic (exact) mass is 402 g/mol. The Labute approximate surface area is 168 Å². The van der Waals surface area contributed by atoms with E-state index in [1.54, 1.807) is 12.1 Å². The van der Waals surface area contributed by atoms with Crippen LogP contribution in [0.1, 0.15) is 37.8 Å². The highest BCUT2D eigenvalue weighted by molar-refractivity contribution is 7.92. The van der Waals surface area contributed by atoms with E-state index in [-0.39, 0.29) is 11.9 Å². The van der Waals surface area contributed by atoms with Gasteiger partial charge in [-0.1, -0.05) is 55.0 Å². The van der Waals surface area contributed by atoms with Crippen molar-refractivity contribution in [2.45, 2.75) is 52.1 Å². The summed E-state index contributed by atoms with van der Waals surface area (Å²) in [6, 6.07) is 16.4. The molecule has 0 bridgehead atoms. The average molecular weight is 403 g/mol. The maximum absolute atomic E-state index is 12.9. The van der Waals surface area contributed by atoms with Gasteiger partial charge < -0.3 is 5.32 Å². The first-order valence-corrected chi connectivity index (χ1v) is 11.5. The Hall–Kier alpha value is -2.34. The molecular formula is C22H30N2O3S. The summed E-state index contributed by atoms with van der Waals surface area (Å²) in [5.74, 6) is -0.269. The summed E-state index contributed by atoms with van der Waals surface area (Å²) in [6.07, 6.45) is 3.17. The van der Waals surface area contributed by atoms with Gasteiger partial charge in [0.2, 0.25) is 15.9 Å². The Morgan fingerprint density at radius 3 is 2.21 bits per heavy atom. The topological polar surface area (TPSA) is 66.5 Å². The highest BCUT2D eigenvalue weighted by Crippen LogP contribution is 2.23. The van der Waals surface area contributed by atoms with Gasteiger partial charge in [-0.05, 0) is 50.8 Å². The van der Waals surface area contributed by atoms with Crippen LogP contribution in [0.2, 0.25) is 0 Å². The maximum Gasteiger partial charge on any atom is 0.244 e. The summed E-state index contributed by atoms with van der Waals surface area (Å²) in [4.78, 5) is 12.9. The van der Waals surface area contributed by atoms with Crippen molar-refractivity contribution >= 4 is 21.6 Å². The van der Waals surface area contributed by atoms with Crippen molar-refractivity contribution in [3.63, 3.8) is 0 Å². The van der Waals surface area contributed by atoms with Crippen LogP contribution in [0.15, 0.2) is 54.6 Å². The minimum absolute atomic E-state index is 0.0545. The number of nitrogens with one attached hydrogen (secondary N) is 1. The third kappa shape index (κ3) is 6.09. The van der Waals surface area contributed by atoms with Crippen LogP contribution in [0.3, 0.4) is 0 Å². The molecule has 152 valence electrons. The third-order valence-electron chi connectivity index (χ3n) is 4.72. The molecule has 0 saturated heterocycles. The number of benzene rings is 2. The van der Waals surface area contributed by atoms with Gasteiger partial charge in [0.15, 0.2) is 0 Å². The van der Waals surface area contributed by atoms with Crippen molar-refractivity contribution in [2.75, 3.05) is 10.6 Å². The summed E-state index contributed by atoms with van der Waals surface area (Å²) in [6.45, 7) is 5.71. The minimum Gasteiger partial charge on any atom is -0.352 e. The van der Waals surface area contributed by atoms with E-state index in [1.807, 2.05) is 51.1 Å². The van der Waals surface area contributed by atoms with E-state index in [1.165, 1.54) is 9.87 Å². The van der Waals surface area contributed by atoms with Crippen molar-refractivity contribution in [1.82, 2.24) is 5.32 Å². The van der Waals surface area contributed by atoms with Gasteiger partial charge in [-0.15, -0.1) is 0 Å². The molecule has 0 aliphatic heterocycles. The first-order chi connectivity index (χ1) is 13.2. The van der Waals surface area contributed by atoms with Crippen LogP contribution in [-0.4, -0.2) is 32.7 Å². The van der Waals surface area contributed by atoms with Gasteiger partial charge in [-0.3, -0.25) is 9.10 Å². The molecule has 2 aromatic rings. The molecule has 0 aliphatic carbocycles. The van der Waals surface area contributed by atoms with Gasteiger partial charge in [-0.25, -0.2) is 8.42 Å². The molecule has 0 unspecified atom stereocenters. The zero-order chi connectivity index (χ0) is 20.7. The maximum atomic E-state index is 12.9. The Balaban J connectivity index is 2.11. The van der Waals surface area contributed by atoms with E-state index in [2.05, 4.69) is 17.4 Å². The molecule has 0 aromatic heterocycles. The number of anilines is 1. The standard InChI is InChI=1S/C22H30N2O3S/c1-5-21(24(28(4,26)27)20-15-11-17(2)12-16-20)22(25)23-18(3)13-14-19-9-7-6-8-10-19/h6-12,15-16,18,21H,5,13-14H2,1-4H3,(H,23,25)/t18-,21-/m0/s1. The lowest BCUT2D eigenvalue weighted by Gasteiger charge is -2.31. The molecule has 0 spiro atoms. The van der Waals surface area contributed by atoms with Gasteiger partial charge in [0.25, 0.3) is 0 Å². The fourth-order valence-electron chi connectivity index (χ4n) is 3.19. The molecule has 0 fully saturated rings. The second-order valence-electron chi connectivity index (χ2n) is 7.25. The number of sulfonamides is 1. The van der Waals surface area contributed by atoms with Crippen LogP contribution < -0.4 is 9.62 Å². The number of hydrogen-bond donors (Lipinski definition) is 1. The van der Waals surface area contributed by atoms with Crippen molar-refractivity contribution < 1.29 is 13.2 Å². The average Bonchev–Trinajstić information content (AvgIpc) is 2.65. The molecule has 2 atom stereocenters. The smallest absolute Gasteiger partial charge is 0.244 e. The van der Waals surface area contributed by atoms with Gasteiger partial charge in [-0.2, -0.15) is 0 Å². The molecule has 0 aliphatic rings. The molecule has 5 nitrogen and oxygen atoms in total. The molecule has 0 radical (unpaired) electrons. The molecule has 2 rings (SSSR count). The molecule has 28 heavy (non-hydrogen) atoms. The predicted octanol–water partition coefficient (Wildman–Crippen LogP) is 3.68. The largest absolute Gasteiger partial charge is 0.352 e. The number of nitrogens with zero attached hydrogens (tertiary/aromatic N) is 1.